The van der Waals surface area contributed by atoms with Gasteiger partial charge in [-0.15, -0.1) is 0 Å². The second-order valence-corrected chi connectivity index (χ2v) is 11.3. The first-order valence-electron chi connectivity index (χ1n) is 10.6. The van der Waals surface area contributed by atoms with Crippen LogP contribution in [0, 0.1) is 5.92 Å². The van der Waals surface area contributed by atoms with Crippen molar-refractivity contribution in [2.24, 2.45) is 5.92 Å². The minimum atomic E-state index is -3.54. The van der Waals surface area contributed by atoms with Gasteiger partial charge in [-0.3, -0.25) is 4.79 Å². The Morgan fingerprint density at radius 1 is 0.900 bits per heavy atom. The Balaban J connectivity index is 1.36. The van der Waals surface area contributed by atoms with Gasteiger partial charge in [0.25, 0.3) is 0 Å². The third kappa shape index (κ3) is 4.16. The summed E-state index contributed by atoms with van der Waals surface area (Å²) in [6.45, 7) is 7.92. The number of hydrogen-bond donors (Lipinski definition) is 0. The van der Waals surface area contributed by atoms with Crippen LogP contribution in [-0.2, 0) is 20.2 Å². The van der Waals surface area contributed by atoms with Crippen molar-refractivity contribution in [2.75, 3.05) is 26.2 Å². The molecule has 0 aromatic heterocycles. The predicted molar refractivity (Wildman–Crippen MR) is 118 cm³/mol. The molecular weight excluding hydrogens is 396 g/mol. The third-order valence-corrected chi connectivity index (χ3v) is 8.16. The van der Waals surface area contributed by atoms with Gasteiger partial charge < -0.3 is 4.90 Å². The van der Waals surface area contributed by atoms with Crippen LogP contribution in [0.15, 0.2) is 59.5 Å². The molecule has 0 bridgehead atoms. The minimum absolute atomic E-state index is 0.0191. The number of nitrogens with zero attached hydrogens (tertiary/aromatic N) is 2. The summed E-state index contributed by atoms with van der Waals surface area (Å²) in [7, 11) is -3.54. The number of benzene rings is 2. The summed E-state index contributed by atoms with van der Waals surface area (Å²) in [5.41, 5.74) is 2.30. The standard InChI is InChI=1S/C24H30N2O3S/c1-24(2,3)19-9-11-20(12-10-19)30(28,29)26-15-13-25(14-16-26)23(27)22-17-21(22)18-7-5-4-6-8-18/h4-12,21-22H,13-17H2,1-3H3/t21-,22+/m1/s1. The van der Waals surface area contributed by atoms with E-state index in [1.165, 1.54) is 9.87 Å². The molecule has 5 nitrogen and oxygen atoms in total. The lowest BCUT2D eigenvalue weighted by Crippen LogP contribution is -2.51. The number of rotatable bonds is 4. The average Bonchev–Trinajstić information content (AvgIpc) is 3.54. The molecule has 1 aliphatic heterocycles. The Labute approximate surface area is 179 Å². The Morgan fingerprint density at radius 2 is 1.50 bits per heavy atom. The molecule has 2 fully saturated rings. The molecule has 2 aromatic rings. The summed E-state index contributed by atoms with van der Waals surface area (Å²) >= 11 is 0. The molecule has 1 amide bonds. The second kappa shape index (κ2) is 7.82. The highest BCUT2D eigenvalue weighted by Gasteiger charge is 2.46. The second-order valence-electron chi connectivity index (χ2n) is 9.36. The molecule has 2 aliphatic rings. The Hall–Kier alpha value is -2.18. The summed E-state index contributed by atoms with van der Waals surface area (Å²) in [5, 5.41) is 0. The lowest BCUT2D eigenvalue weighted by atomic mass is 9.87. The van der Waals surface area contributed by atoms with E-state index in [1.807, 2.05) is 35.2 Å². The van der Waals surface area contributed by atoms with E-state index < -0.39 is 10.0 Å². The molecule has 2 atom stereocenters. The molecule has 6 heteroatoms. The van der Waals surface area contributed by atoms with Crippen molar-refractivity contribution in [3.8, 4) is 0 Å². The van der Waals surface area contributed by atoms with E-state index >= 15 is 0 Å². The molecule has 0 N–H and O–H groups in total. The maximum atomic E-state index is 13.0. The number of carbonyl (C=O) groups is 1. The van der Waals surface area contributed by atoms with Crippen LogP contribution in [0.4, 0.5) is 0 Å². The van der Waals surface area contributed by atoms with Gasteiger partial charge in [0.15, 0.2) is 0 Å². The lowest BCUT2D eigenvalue weighted by molar-refractivity contribution is -0.133. The Bertz CT molecular complexity index is 1000. The van der Waals surface area contributed by atoms with Crippen LogP contribution in [0.3, 0.4) is 0 Å². The van der Waals surface area contributed by atoms with Gasteiger partial charge in [0, 0.05) is 32.1 Å². The van der Waals surface area contributed by atoms with Crippen LogP contribution >= 0.6 is 0 Å². The van der Waals surface area contributed by atoms with Crippen molar-refractivity contribution in [1.82, 2.24) is 9.21 Å². The van der Waals surface area contributed by atoms with Crippen LogP contribution in [0.1, 0.15) is 44.2 Å². The van der Waals surface area contributed by atoms with Crippen molar-refractivity contribution >= 4 is 15.9 Å². The van der Waals surface area contributed by atoms with E-state index in [4.69, 9.17) is 0 Å². The fraction of sp³-hybridized carbons (Fsp3) is 0.458. The Morgan fingerprint density at radius 3 is 2.07 bits per heavy atom. The average molecular weight is 427 g/mol. The molecule has 1 heterocycles. The lowest BCUT2D eigenvalue weighted by Gasteiger charge is -2.34. The van der Waals surface area contributed by atoms with Crippen molar-refractivity contribution < 1.29 is 13.2 Å². The van der Waals surface area contributed by atoms with Gasteiger partial charge in [0.1, 0.15) is 0 Å². The molecule has 1 saturated heterocycles. The molecule has 1 aliphatic carbocycles. The van der Waals surface area contributed by atoms with Gasteiger partial charge in [-0.05, 0) is 41.0 Å². The first-order chi connectivity index (χ1) is 14.2. The van der Waals surface area contributed by atoms with Crippen molar-refractivity contribution in [3.63, 3.8) is 0 Å². The van der Waals surface area contributed by atoms with E-state index in [0.717, 1.165) is 12.0 Å². The maximum Gasteiger partial charge on any atom is 0.243 e. The molecule has 0 spiro atoms. The zero-order valence-electron chi connectivity index (χ0n) is 17.9. The van der Waals surface area contributed by atoms with Crippen LogP contribution < -0.4 is 0 Å². The summed E-state index contributed by atoms with van der Waals surface area (Å²) in [6, 6.07) is 17.3. The molecule has 30 heavy (non-hydrogen) atoms. The first-order valence-corrected chi connectivity index (χ1v) is 12.1. The number of amides is 1. The van der Waals surface area contributed by atoms with Gasteiger partial charge in [-0.25, -0.2) is 8.42 Å². The van der Waals surface area contributed by atoms with Crippen molar-refractivity contribution in [1.29, 1.82) is 0 Å². The largest absolute Gasteiger partial charge is 0.340 e. The van der Waals surface area contributed by atoms with E-state index in [-0.39, 0.29) is 17.2 Å². The monoisotopic (exact) mass is 426 g/mol. The van der Waals surface area contributed by atoms with Gasteiger partial charge in [-0.2, -0.15) is 4.31 Å². The van der Waals surface area contributed by atoms with Gasteiger partial charge in [-0.1, -0.05) is 63.2 Å². The smallest absolute Gasteiger partial charge is 0.243 e. The van der Waals surface area contributed by atoms with Gasteiger partial charge in [0.05, 0.1) is 4.90 Å². The normalized spacial score (nSPS) is 22.7. The molecular formula is C24H30N2O3S. The zero-order chi connectivity index (χ0) is 21.5. The number of carbonyl (C=O) groups excluding carboxylic acids is 1. The molecule has 160 valence electrons. The van der Waals surface area contributed by atoms with Gasteiger partial charge >= 0.3 is 0 Å². The van der Waals surface area contributed by atoms with Crippen LogP contribution in [0.25, 0.3) is 0 Å². The number of hydrogen-bond acceptors (Lipinski definition) is 3. The first kappa shape index (κ1) is 21.1. The van der Waals surface area contributed by atoms with Crippen LogP contribution in [-0.4, -0.2) is 49.7 Å². The van der Waals surface area contributed by atoms with Crippen LogP contribution in [0.2, 0.25) is 0 Å². The molecule has 4 rings (SSSR count). The number of piperazine rings is 1. The van der Waals surface area contributed by atoms with E-state index in [0.29, 0.717) is 37.0 Å². The molecule has 0 unspecified atom stereocenters. The van der Waals surface area contributed by atoms with Crippen molar-refractivity contribution in [2.45, 2.75) is 43.4 Å². The van der Waals surface area contributed by atoms with Gasteiger partial charge in [0.2, 0.25) is 15.9 Å². The summed E-state index contributed by atoms with van der Waals surface area (Å²) < 4.78 is 27.6. The molecule has 0 radical (unpaired) electrons. The van der Waals surface area contributed by atoms with E-state index in [9.17, 15) is 13.2 Å². The molecule has 1 saturated carbocycles. The quantitative estimate of drug-likeness (QED) is 0.750. The van der Waals surface area contributed by atoms with E-state index in [2.05, 4.69) is 32.9 Å². The SMILES string of the molecule is CC(C)(C)c1ccc(S(=O)(=O)N2CCN(C(=O)[C@H]3C[C@@H]3c3ccccc3)CC2)cc1. The summed E-state index contributed by atoms with van der Waals surface area (Å²) in [5.74, 6) is 0.512. The van der Waals surface area contributed by atoms with E-state index in [1.54, 1.807) is 12.1 Å². The van der Waals surface area contributed by atoms with Crippen LogP contribution in [0.5, 0.6) is 0 Å². The maximum absolute atomic E-state index is 13.0. The fourth-order valence-electron chi connectivity index (χ4n) is 4.20. The summed E-state index contributed by atoms with van der Waals surface area (Å²) in [4.78, 5) is 15.0. The molecule has 2 aromatic carbocycles. The fourth-order valence-corrected chi connectivity index (χ4v) is 5.62. The highest BCUT2D eigenvalue weighted by atomic mass is 32.2. The predicted octanol–water partition coefficient (Wildman–Crippen LogP) is 3.62. The highest BCUT2D eigenvalue weighted by Crippen LogP contribution is 2.48. The zero-order valence-corrected chi connectivity index (χ0v) is 18.7. The minimum Gasteiger partial charge on any atom is -0.340 e. The van der Waals surface area contributed by atoms with Crippen molar-refractivity contribution in [3.05, 3.63) is 65.7 Å². The third-order valence-electron chi connectivity index (χ3n) is 6.24. The summed E-state index contributed by atoms with van der Waals surface area (Å²) in [6.07, 6.45) is 0.890. The highest BCUT2D eigenvalue weighted by molar-refractivity contribution is 7.89. The number of sulfonamides is 1. The Kier molecular flexibility index (Phi) is 5.49. The topological polar surface area (TPSA) is 57.7 Å².